The summed E-state index contributed by atoms with van der Waals surface area (Å²) in [5.41, 5.74) is 4.48. The third kappa shape index (κ3) is 2.56. The van der Waals surface area contributed by atoms with Crippen LogP contribution >= 0.6 is 0 Å². The standard InChI is InChI=1S/C20H20N6O2/c1-11-3-4-12-15(7-11)26(2)25-16(12)14-9-22-18-17(23-14)13(8-21-18)19(28)24-20(10-27)5-6-20/h3-4,7-9,27H,5-6,10H2,1-2H3,(H,21,22)(H,24,28). The summed E-state index contributed by atoms with van der Waals surface area (Å²) >= 11 is 0. The molecule has 8 nitrogen and oxygen atoms in total. The zero-order valence-electron chi connectivity index (χ0n) is 15.7. The molecule has 1 aromatic carbocycles. The molecule has 0 radical (unpaired) electrons. The van der Waals surface area contributed by atoms with Gasteiger partial charge in [-0.15, -0.1) is 0 Å². The maximum atomic E-state index is 12.7. The highest BCUT2D eigenvalue weighted by molar-refractivity contribution is 6.05. The number of rotatable bonds is 4. The van der Waals surface area contributed by atoms with Gasteiger partial charge in [-0.2, -0.15) is 5.10 Å². The number of aryl methyl sites for hydroxylation is 2. The van der Waals surface area contributed by atoms with Gasteiger partial charge in [0.15, 0.2) is 5.65 Å². The Kier molecular flexibility index (Phi) is 3.54. The van der Waals surface area contributed by atoms with Crippen LogP contribution in [-0.4, -0.2) is 47.9 Å². The van der Waals surface area contributed by atoms with Gasteiger partial charge in [-0.3, -0.25) is 9.48 Å². The second-order valence-corrected chi connectivity index (χ2v) is 7.54. The largest absolute Gasteiger partial charge is 0.394 e. The zero-order chi connectivity index (χ0) is 19.5. The first-order valence-corrected chi connectivity index (χ1v) is 9.21. The number of nitrogens with zero attached hydrogens (tertiary/aromatic N) is 4. The third-order valence-electron chi connectivity index (χ3n) is 5.41. The highest BCUT2D eigenvalue weighted by Gasteiger charge is 2.43. The lowest BCUT2D eigenvalue weighted by Crippen LogP contribution is -2.39. The quantitative estimate of drug-likeness (QED) is 0.505. The Morgan fingerprint density at radius 1 is 1.39 bits per heavy atom. The van der Waals surface area contributed by atoms with Crippen molar-refractivity contribution in [2.24, 2.45) is 7.05 Å². The summed E-state index contributed by atoms with van der Waals surface area (Å²) in [7, 11) is 1.90. The van der Waals surface area contributed by atoms with Crippen LogP contribution < -0.4 is 5.32 Å². The number of nitrogens with one attached hydrogen (secondary N) is 2. The van der Waals surface area contributed by atoms with E-state index in [1.807, 2.05) is 30.8 Å². The summed E-state index contributed by atoms with van der Waals surface area (Å²) < 4.78 is 1.83. The van der Waals surface area contributed by atoms with Crippen LogP contribution in [0.5, 0.6) is 0 Å². The second-order valence-electron chi connectivity index (χ2n) is 7.54. The van der Waals surface area contributed by atoms with E-state index in [2.05, 4.69) is 26.4 Å². The topological polar surface area (TPSA) is 109 Å². The number of carbonyl (C=O) groups excluding carboxylic acids is 1. The fourth-order valence-electron chi connectivity index (χ4n) is 3.52. The summed E-state index contributed by atoms with van der Waals surface area (Å²) in [6, 6.07) is 6.15. The predicted molar refractivity (Wildman–Crippen MR) is 105 cm³/mol. The number of hydrogen-bond acceptors (Lipinski definition) is 5. The zero-order valence-corrected chi connectivity index (χ0v) is 15.7. The van der Waals surface area contributed by atoms with E-state index in [9.17, 15) is 9.90 Å². The van der Waals surface area contributed by atoms with Gasteiger partial charge in [0.05, 0.1) is 29.4 Å². The van der Waals surface area contributed by atoms with Crippen LogP contribution in [-0.2, 0) is 7.05 Å². The number of aliphatic hydroxyl groups excluding tert-OH is 1. The van der Waals surface area contributed by atoms with Crippen molar-refractivity contribution in [2.75, 3.05) is 6.61 Å². The van der Waals surface area contributed by atoms with Crippen molar-refractivity contribution in [1.29, 1.82) is 0 Å². The van der Waals surface area contributed by atoms with Gasteiger partial charge < -0.3 is 15.4 Å². The van der Waals surface area contributed by atoms with Gasteiger partial charge in [-0.05, 0) is 31.4 Å². The number of aromatic amines is 1. The normalized spacial score (nSPS) is 15.2. The lowest BCUT2D eigenvalue weighted by Gasteiger charge is -2.13. The molecule has 1 amide bonds. The highest BCUT2D eigenvalue weighted by Crippen LogP contribution is 2.35. The Balaban J connectivity index is 1.60. The number of H-pyrrole nitrogens is 1. The van der Waals surface area contributed by atoms with E-state index in [4.69, 9.17) is 4.98 Å². The summed E-state index contributed by atoms with van der Waals surface area (Å²) in [6.07, 6.45) is 4.84. The molecule has 0 bridgehead atoms. The number of hydrogen-bond donors (Lipinski definition) is 3. The Hall–Kier alpha value is -3.26. The summed E-state index contributed by atoms with van der Waals surface area (Å²) in [6.45, 7) is 1.99. The molecule has 0 aliphatic heterocycles. The molecule has 0 spiro atoms. The van der Waals surface area contributed by atoms with Gasteiger partial charge in [0.2, 0.25) is 0 Å². The molecule has 3 heterocycles. The molecule has 8 heteroatoms. The van der Waals surface area contributed by atoms with E-state index in [-0.39, 0.29) is 12.5 Å². The van der Waals surface area contributed by atoms with Crippen LogP contribution in [0.3, 0.4) is 0 Å². The number of aromatic nitrogens is 5. The first-order chi connectivity index (χ1) is 13.5. The Morgan fingerprint density at radius 2 is 2.21 bits per heavy atom. The Labute approximate surface area is 160 Å². The summed E-state index contributed by atoms with van der Waals surface area (Å²) in [5.74, 6) is -0.259. The first kappa shape index (κ1) is 16.9. The first-order valence-electron chi connectivity index (χ1n) is 9.21. The number of amides is 1. The van der Waals surface area contributed by atoms with Crippen molar-refractivity contribution >= 4 is 28.0 Å². The molecular formula is C20H20N6O2. The van der Waals surface area contributed by atoms with E-state index in [0.29, 0.717) is 22.4 Å². The SMILES string of the molecule is Cc1ccc2c(-c3cnc4[nH]cc(C(=O)NC5(CO)CC5)c4n3)nn(C)c2c1. The van der Waals surface area contributed by atoms with E-state index < -0.39 is 5.54 Å². The van der Waals surface area contributed by atoms with E-state index >= 15 is 0 Å². The van der Waals surface area contributed by atoms with Gasteiger partial charge in [-0.25, -0.2) is 9.97 Å². The van der Waals surface area contributed by atoms with Gasteiger partial charge in [-0.1, -0.05) is 12.1 Å². The van der Waals surface area contributed by atoms with Gasteiger partial charge in [0.25, 0.3) is 5.91 Å². The number of carbonyl (C=O) groups is 1. The molecule has 5 rings (SSSR count). The minimum Gasteiger partial charge on any atom is -0.394 e. The van der Waals surface area contributed by atoms with Crippen LogP contribution in [0.25, 0.3) is 33.5 Å². The molecule has 3 N–H and O–H groups in total. The maximum Gasteiger partial charge on any atom is 0.255 e. The molecule has 0 saturated heterocycles. The predicted octanol–water partition coefficient (Wildman–Crippen LogP) is 2.07. The molecule has 1 fully saturated rings. The van der Waals surface area contributed by atoms with Crippen molar-refractivity contribution in [1.82, 2.24) is 30.0 Å². The molecule has 1 aliphatic carbocycles. The Bertz CT molecular complexity index is 1230. The fourth-order valence-corrected chi connectivity index (χ4v) is 3.52. The molecule has 1 saturated carbocycles. The molecule has 28 heavy (non-hydrogen) atoms. The van der Waals surface area contributed by atoms with Crippen molar-refractivity contribution in [3.63, 3.8) is 0 Å². The van der Waals surface area contributed by atoms with Gasteiger partial charge in [0.1, 0.15) is 16.9 Å². The minimum absolute atomic E-state index is 0.0582. The lowest BCUT2D eigenvalue weighted by atomic mass is 10.1. The summed E-state index contributed by atoms with van der Waals surface area (Å²) in [4.78, 5) is 24.8. The van der Waals surface area contributed by atoms with Crippen LogP contribution in [0, 0.1) is 6.92 Å². The van der Waals surface area contributed by atoms with Crippen LogP contribution in [0.2, 0.25) is 0 Å². The van der Waals surface area contributed by atoms with Crippen LogP contribution in [0.1, 0.15) is 28.8 Å². The minimum atomic E-state index is -0.485. The number of benzene rings is 1. The van der Waals surface area contributed by atoms with Crippen LogP contribution in [0.15, 0.2) is 30.6 Å². The maximum absolute atomic E-state index is 12.7. The molecule has 1 aliphatic rings. The average Bonchev–Trinajstić information content (AvgIpc) is 3.21. The van der Waals surface area contributed by atoms with Crippen molar-refractivity contribution in [3.05, 3.63) is 41.7 Å². The van der Waals surface area contributed by atoms with Crippen molar-refractivity contribution < 1.29 is 9.90 Å². The molecule has 142 valence electrons. The highest BCUT2D eigenvalue weighted by atomic mass is 16.3. The third-order valence-corrected chi connectivity index (χ3v) is 5.41. The Morgan fingerprint density at radius 3 is 2.96 bits per heavy atom. The summed E-state index contributed by atoms with van der Waals surface area (Å²) in [5, 5.41) is 18.0. The molecule has 3 aromatic heterocycles. The molecular weight excluding hydrogens is 356 g/mol. The van der Waals surface area contributed by atoms with Gasteiger partial charge >= 0.3 is 0 Å². The smallest absolute Gasteiger partial charge is 0.255 e. The average molecular weight is 376 g/mol. The number of aliphatic hydroxyl groups is 1. The fraction of sp³-hybridized carbons (Fsp3) is 0.300. The van der Waals surface area contributed by atoms with E-state index in [1.54, 1.807) is 12.4 Å². The second kappa shape index (κ2) is 5.87. The molecule has 0 unspecified atom stereocenters. The van der Waals surface area contributed by atoms with E-state index in [1.165, 1.54) is 0 Å². The van der Waals surface area contributed by atoms with Crippen molar-refractivity contribution in [3.8, 4) is 11.4 Å². The lowest BCUT2D eigenvalue weighted by molar-refractivity contribution is 0.0908. The monoisotopic (exact) mass is 376 g/mol. The van der Waals surface area contributed by atoms with E-state index in [0.717, 1.165) is 35.0 Å². The number of fused-ring (bicyclic) bond motifs is 2. The van der Waals surface area contributed by atoms with Crippen molar-refractivity contribution in [2.45, 2.75) is 25.3 Å². The van der Waals surface area contributed by atoms with Gasteiger partial charge in [0, 0.05) is 18.6 Å². The molecule has 4 aromatic rings. The van der Waals surface area contributed by atoms with Crippen LogP contribution in [0.4, 0.5) is 0 Å². The molecule has 0 atom stereocenters.